The smallest absolute Gasteiger partial charge is 0.0417 e. The third-order valence-corrected chi connectivity index (χ3v) is 1.94. The minimum Gasteiger partial charge on any atom is -0.404 e. The highest BCUT2D eigenvalue weighted by Gasteiger charge is 2.19. The summed E-state index contributed by atoms with van der Waals surface area (Å²) in [6.45, 7) is 3.08. The minimum absolute atomic E-state index is 0.877. The van der Waals surface area contributed by atoms with Crippen LogP contribution in [0, 0.1) is 5.92 Å². The molecular formula is C9H16N2. The molecule has 1 rings (SSSR count). The van der Waals surface area contributed by atoms with E-state index in [4.69, 9.17) is 5.73 Å². The van der Waals surface area contributed by atoms with Crippen LogP contribution >= 0.6 is 0 Å². The summed E-state index contributed by atoms with van der Waals surface area (Å²) in [7, 11) is 0. The maximum Gasteiger partial charge on any atom is 0.0417 e. The van der Waals surface area contributed by atoms with Gasteiger partial charge in [0.25, 0.3) is 0 Å². The molecule has 0 aromatic rings. The molecule has 2 N–H and O–H groups in total. The first-order valence-corrected chi connectivity index (χ1v) is 4.27. The number of aliphatic imine (C=N–C) groups is 1. The lowest BCUT2D eigenvalue weighted by Gasteiger charge is -1.92. The molecule has 0 saturated heterocycles. The van der Waals surface area contributed by atoms with Crippen molar-refractivity contribution in [3.63, 3.8) is 0 Å². The van der Waals surface area contributed by atoms with Crippen LogP contribution in [0.2, 0.25) is 0 Å². The minimum atomic E-state index is 0.877. The molecule has 0 heterocycles. The van der Waals surface area contributed by atoms with Gasteiger partial charge in [0.15, 0.2) is 0 Å². The third-order valence-electron chi connectivity index (χ3n) is 1.94. The normalized spacial score (nSPS) is 19.5. The van der Waals surface area contributed by atoms with Gasteiger partial charge >= 0.3 is 0 Å². The van der Waals surface area contributed by atoms with Gasteiger partial charge in [0.2, 0.25) is 0 Å². The fourth-order valence-corrected chi connectivity index (χ4v) is 0.872. The van der Waals surface area contributed by atoms with Gasteiger partial charge in [0.05, 0.1) is 0 Å². The van der Waals surface area contributed by atoms with Crippen molar-refractivity contribution in [1.82, 2.24) is 0 Å². The zero-order valence-electron chi connectivity index (χ0n) is 7.09. The number of nitrogens with two attached hydrogens (primary N) is 1. The Kier molecular flexibility index (Phi) is 3.14. The van der Waals surface area contributed by atoms with Crippen molar-refractivity contribution < 1.29 is 0 Å². The van der Waals surface area contributed by atoms with Crippen molar-refractivity contribution in [2.45, 2.75) is 26.2 Å². The summed E-state index contributed by atoms with van der Waals surface area (Å²) in [5.41, 5.74) is 6.49. The fraction of sp³-hybridized carbons (Fsp3) is 0.667. The van der Waals surface area contributed by atoms with Gasteiger partial charge in [-0.05, 0) is 37.0 Å². The first kappa shape index (κ1) is 8.31. The van der Waals surface area contributed by atoms with E-state index in [9.17, 15) is 0 Å². The second-order valence-corrected chi connectivity index (χ2v) is 3.03. The van der Waals surface area contributed by atoms with Crippen molar-refractivity contribution in [2.75, 3.05) is 6.54 Å². The summed E-state index contributed by atoms with van der Waals surface area (Å²) in [5, 5.41) is 0. The number of allylic oxidation sites excluding steroid dienone is 1. The molecule has 2 nitrogen and oxygen atoms in total. The summed E-state index contributed by atoms with van der Waals surface area (Å²) in [5.74, 6) is 0.877. The van der Waals surface area contributed by atoms with Crippen LogP contribution < -0.4 is 5.73 Å². The van der Waals surface area contributed by atoms with E-state index in [1.807, 2.05) is 6.21 Å². The Labute approximate surface area is 68.2 Å². The standard InChI is InChI=1S/C9H16N2/c1-2-8(5-10)6-11-7-9-3-4-9/h5-6,9H,2-4,7,10H2,1H3. The Morgan fingerprint density at radius 3 is 2.82 bits per heavy atom. The molecule has 0 amide bonds. The van der Waals surface area contributed by atoms with E-state index < -0.39 is 0 Å². The molecule has 0 aliphatic heterocycles. The zero-order chi connectivity index (χ0) is 8.10. The second kappa shape index (κ2) is 4.16. The van der Waals surface area contributed by atoms with Crippen molar-refractivity contribution in [3.8, 4) is 0 Å². The van der Waals surface area contributed by atoms with E-state index in [2.05, 4.69) is 11.9 Å². The van der Waals surface area contributed by atoms with Crippen LogP contribution in [0.3, 0.4) is 0 Å². The van der Waals surface area contributed by atoms with Gasteiger partial charge in [0, 0.05) is 12.8 Å². The van der Waals surface area contributed by atoms with E-state index in [-0.39, 0.29) is 0 Å². The van der Waals surface area contributed by atoms with Crippen LogP contribution in [0.25, 0.3) is 0 Å². The molecule has 0 atom stereocenters. The maximum absolute atomic E-state index is 5.36. The van der Waals surface area contributed by atoms with Crippen molar-refractivity contribution in [3.05, 3.63) is 11.8 Å². The molecule has 1 aliphatic carbocycles. The van der Waals surface area contributed by atoms with Crippen molar-refractivity contribution >= 4 is 6.21 Å². The molecule has 62 valence electrons. The predicted octanol–water partition coefficient (Wildman–Crippen LogP) is 1.72. The van der Waals surface area contributed by atoms with Crippen molar-refractivity contribution in [2.24, 2.45) is 16.6 Å². The van der Waals surface area contributed by atoms with Gasteiger partial charge in [-0.3, -0.25) is 4.99 Å². The Balaban J connectivity index is 2.20. The molecule has 0 unspecified atom stereocenters. The van der Waals surface area contributed by atoms with Crippen LogP contribution in [0.1, 0.15) is 26.2 Å². The van der Waals surface area contributed by atoms with Gasteiger partial charge in [-0.25, -0.2) is 0 Å². The highest BCUT2D eigenvalue weighted by Crippen LogP contribution is 2.28. The van der Waals surface area contributed by atoms with Crippen LogP contribution in [0.4, 0.5) is 0 Å². The quantitative estimate of drug-likeness (QED) is 0.612. The average Bonchev–Trinajstić information content (AvgIpc) is 2.82. The third kappa shape index (κ3) is 3.21. The second-order valence-electron chi connectivity index (χ2n) is 3.03. The fourth-order valence-electron chi connectivity index (χ4n) is 0.872. The Morgan fingerprint density at radius 1 is 1.64 bits per heavy atom. The lowest BCUT2D eigenvalue weighted by atomic mass is 10.2. The van der Waals surface area contributed by atoms with E-state index in [0.29, 0.717) is 0 Å². The first-order valence-electron chi connectivity index (χ1n) is 4.27. The summed E-state index contributed by atoms with van der Waals surface area (Å²) in [6, 6.07) is 0. The number of hydrogen-bond acceptors (Lipinski definition) is 2. The van der Waals surface area contributed by atoms with E-state index in [0.717, 1.165) is 24.5 Å². The Morgan fingerprint density at radius 2 is 2.36 bits per heavy atom. The molecule has 2 heteroatoms. The number of hydrogen-bond donors (Lipinski definition) is 1. The molecular weight excluding hydrogens is 136 g/mol. The summed E-state index contributed by atoms with van der Waals surface area (Å²) < 4.78 is 0. The van der Waals surface area contributed by atoms with Gasteiger partial charge in [-0.2, -0.15) is 0 Å². The lowest BCUT2D eigenvalue weighted by Crippen LogP contribution is -1.91. The lowest BCUT2D eigenvalue weighted by molar-refractivity contribution is 0.851. The predicted molar refractivity (Wildman–Crippen MR) is 48.6 cm³/mol. The Bertz CT molecular complexity index is 166. The highest BCUT2D eigenvalue weighted by molar-refractivity contribution is 5.78. The van der Waals surface area contributed by atoms with E-state index >= 15 is 0 Å². The van der Waals surface area contributed by atoms with Crippen LogP contribution in [-0.2, 0) is 0 Å². The van der Waals surface area contributed by atoms with E-state index in [1.165, 1.54) is 12.8 Å². The molecule has 1 saturated carbocycles. The zero-order valence-corrected chi connectivity index (χ0v) is 7.09. The molecule has 11 heavy (non-hydrogen) atoms. The molecule has 0 aromatic carbocycles. The molecule has 1 fully saturated rings. The molecule has 0 aromatic heterocycles. The van der Waals surface area contributed by atoms with Gasteiger partial charge in [-0.15, -0.1) is 0 Å². The average molecular weight is 152 g/mol. The molecule has 0 bridgehead atoms. The van der Waals surface area contributed by atoms with Crippen molar-refractivity contribution in [1.29, 1.82) is 0 Å². The molecule has 0 radical (unpaired) electrons. The van der Waals surface area contributed by atoms with Crippen LogP contribution in [0.15, 0.2) is 16.8 Å². The van der Waals surface area contributed by atoms with Crippen LogP contribution in [0.5, 0.6) is 0 Å². The maximum atomic E-state index is 5.36. The monoisotopic (exact) mass is 152 g/mol. The SMILES string of the molecule is CCC(C=NCC1CC1)=CN. The van der Waals surface area contributed by atoms with Crippen LogP contribution in [-0.4, -0.2) is 12.8 Å². The highest BCUT2D eigenvalue weighted by atomic mass is 14.7. The summed E-state index contributed by atoms with van der Waals surface area (Å²) in [4.78, 5) is 4.30. The summed E-state index contributed by atoms with van der Waals surface area (Å²) in [6.07, 6.45) is 7.25. The number of nitrogens with zero attached hydrogens (tertiary/aromatic N) is 1. The Hall–Kier alpha value is -0.790. The topological polar surface area (TPSA) is 38.4 Å². The largest absolute Gasteiger partial charge is 0.404 e. The number of rotatable bonds is 4. The molecule has 1 aliphatic rings. The molecule has 0 spiro atoms. The van der Waals surface area contributed by atoms with Gasteiger partial charge in [0.1, 0.15) is 0 Å². The summed E-state index contributed by atoms with van der Waals surface area (Å²) >= 11 is 0. The first-order chi connectivity index (χ1) is 5.36. The van der Waals surface area contributed by atoms with Gasteiger partial charge < -0.3 is 5.73 Å². The van der Waals surface area contributed by atoms with E-state index in [1.54, 1.807) is 6.20 Å². The van der Waals surface area contributed by atoms with Gasteiger partial charge in [-0.1, -0.05) is 6.92 Å².